The molecule has 0 unspecified atom stereocenters. The first kappa shape index (κ1) is 10.8. The van der Waals surface area contributed by atoms with E-state index in [9.17, 15) is 0 Å². The monoisotopic (exact) mass is 243 g/mol. The predicted molar refractivity (Wildman–Crippen MR) is 80.3 cm³/mol. The van der Waals surface area contributed by atoms with Crippen LogP contribution in [0.4, 0.5) is 0 Å². The van der Waals surface area contributed by atoms with Gasteiger partial charge in [0, 0.05) is 5.41 Å². The third kappa shape index (κ3) is 1.34. The molecule has 0 saturated heterocycles. The van der Waals surface area contributed by atoms with E-state index >= 15 is 0 Å². The Labute approximate surface area is 113 Å². The lowest BCUT2D eigenvalue weighted by Gasteiger charge is -2.21. The van der Waals surface area contributed by atoms with Crippen molar-refractivity contribution < 1.29 is 0 Å². The van der Waals surface area contributed by atoms with Crippen molar-refractivity contribution in [3.63, 3.8) is 0 Å². The van der Waals surface area contributed by atoms with Gasteiger partial charge in [0.2, 0.25) is 0 Å². The van der Waals surface area contributed by atoms with Gasteiger partial charge in [-0.3, -0.25) is 0 Å². The van der Waals surface area contributed by atoms with Crippen LogP contribution in [0.3, 0.4) is 0 Å². The van der Waals surface area contributed by atoms with Gasteiger partial charge in [0.1, 0.15) is 0 Å². The van der Waals surface area contributed by atoms with Crippen molar-refractivity contribution >= 4 is 10.8 Å². The zero-order chi connectivity index (χ0) is 13.0. The molecule has 0 amide bonds. The fraction of sp³-hybridized carbons (Fsp3) is 0.158. The quantitative estimate of drug-likeness (QED) is 0.524. The summed E-state index contributed by atoms with van der Waals surface area (Å²) in [4.78, 5) is 0. The highest BCUT2D eigenvalue weighted by molar-refractivity contribution is 5.93. The van der Waals surface area contributed by atoms with Crippen LogP contribution in [-0.2, 0) is 5.41 Å². The molecule has 0 spiro atoms. The average molecular weight is 243 g/mol. The molecule has 3 aromatic rings. The van der Waals surface area contributed by atoms with Crippen LogP contribution in [0.25, 0.3) is 21.9 Å². The predicted octanol–water partition coefficient (Wildman–Crippen LogP) is 4.95. The molecule has 4 rings (SSSR count). The Morgan fingerprint density at radius 3 is 2.37 bits per heavy atom. The lowest BCUT2D eigenvalue weighted by molar-refractivity contribution is 0.660. The lowest BCUT2D eigenvalue weighted by atomic mass is 9.82. The summed E-state index contributed by atoms with van der Waals surface area (Å²) < 4.78 is 0. The smallest absolute Gasteiger partial charge is 0.0165 e. The van der Waals surface area contributed by atoms with Gasteiger partial charge in [0.05, 0.1) is 0 Å². The van der Waals surface area contributed by atoms with E-state index in [1.807, 2.05) is 6.07 Å². The highest BCUT2D eigenvalue weighted by Crippen LogP contribution is 2.49. The van der Waals surface area contributed by atoms with Crippen molar-refractivity contribution in [2.24, 2.45) is 0 Å². The van der Waals surface area contributed by atoms with Crippen LogP contribution >= 0.6 is 0 Å². The zero-order valence-corrected chi connectivity index (χ0v) is 11.2. The molecule has 91 valence electrons. The average Bonchev–Trinajstić information content (AvgIpc) is 2.66. The van der Waals surface area contributed by atoms with Gasteiger partial charge in [0.25, 0.3) is 0 Å². The normalized spacial score (nSPS) is 15.3. The molecule has 19 heavy (non-hydrogen) atoms. The molecule has 0 nitrogen and oxygen atoms in total. The molecule has 1 aliphatic carbocycles. The van der Waals surface area contributed by atoms with Crippen LogP contribution < -0.4 is 0 Å². The highest BCUT2D eigenvalue weighted by Gasteiger charge is 2.35. The van der Waals surface area contributed by atoms with Gasteiger partial charge in [-0.1, -0.05) is 56.3 Å². The number of hydrogen-bond acceptors (Lipinski definition) is 0. The number of benzene rings is 3. The molecule has 1 radical (unpaired) electrons. The van der Waals surface area contributed by atoms with E-state index in [2.05, 4.69) is 68.4 Å². The molecule has 0 atom stereocenters. The van der Waals surface area contributed by atoms with Gasteiger partial charge in [-0.25, -0.2) is 0 Å². The maximum atomic E-state index is 3.44. The highest BCUT2D eigenvalue weighted by atomic mass is 14.4. The SMILES string of the molecule is CC1(C)c2[c]cccc2-c2cc3ccccc3cc21. The third-order valence-corrected chi connectivity index (χ3v) is 4.33. The minimum Gasteiger partial charge on any atom is -0.0616 e. The number of hydrogen-bond donors (Lipinski definition) is 0. The molecule has 0 fully saturated rings. The molecular weight excluding hydrogens is 228 g/mol. The Morgan fingerprint density at radius 2 is 1.58 bits per heavy atom. The molecule has 0 heterocycles. The summed E-state index contributed by atoms with van der Waals surface area (Å²) in [5.74, 6) is 0. The minimum atomic E-state index is 0.0515. The number of fused-ring (bicyclic) bond motifs is 4. The van der Waals surface area contributed by atoms with Crippen molar-refractivity contribution in [2.75, 3.05) is 0 Å². The van der Waals surface area contributed by atoms with Crippen LogP contribution in [0.5, 0.6) is 0 Å². The van der Waals surface area contributed by atoms with E-state index in [0.29, 0.717) is 0 Å². The van der Waals surface area contributed by atoms with Gasteiger partial charge in [0.15, 0.2) is 0 Å². The van der Waals surface area contributed by atoms with Crippen LogP contribution in [0, 0.1) is 6.07 Å². The van der Waals surface area contributed by atoms with Crippen molar-refractivity contribution in [1.29, 1.82) is 0 Å². The zero-order valence-electron chi connectivity index (χ0n) is 11.2. The summed E-state index contributed by atoms with van der Waals surface area (Å²) in [6, 6.07) is 23.0. The van der Waals surface area contributed by atoms with Crippen LogP contribution in [0.15, 0.2) is 54.6 Å². The van der Waals surface area contributed by atoms with Gasteiger partial charge in [-0.15, -0.1) is 0 Å². The fourth-order valence-electron chi connectivity index (χ4n) is 3.29. The van der Waals surface area contributed by atoms with Crippen molar-refractivity contribution in [2.45, 2.75) is 19.3 Å². The standard InChI is InChI=1S/C19H15/c1-19(2)17-10-6-5-9-15(17)16-11-13-7-3-4-8-14(13)12-18(16)19/h3-9,11-12H,1-2H3. The van der Waals surface area contributed by atoms with E-state index in [4.69, 9.17) is 0 Å². The number of rotatable bonds is 0. The fourth-order valence-corrected chi connectivity index (χ4v) is 3.29. The Hall–Kier alpha value is -2.08. The molecule has 0 N–H and O–H groups in total. The topological polar surface area (TPSA) is 0 Å². The van der Waals surface area contributed by atoms with E-state index in [-0.39, 0.29) is 5.41 Å². The Kier molecular flexibility index (Phi) is 1.98. The first-order chi connectivity index (χ1) is 9.18. The first-order valence-electron chi connectivity index (χ1n) is 6.73. The molecule has 0 bridgehead atoms. The van der Waals surface area contributed by atoms with Crippen molar-refractivity contribution in [1.82, 2.24) is 0 Å². The second kappa shape index (κ2) is 3.48. The van der Waals surface area contributed by atoms with Crippen molar-refractivity contribution in [3.05, 3.63) is 71.8 Å². The molecule has 3 aromatic carbocycles. The lowest BCUT2D eigenvalue weighted by Crippen LogP contribution is -2.14. The van der Waals surface area contributed by atoms with E-state index in [0.717, 1.165) is 0 Å². The molecule has 1 aliphatic rings. The summed E-state index contributed by atoms with van der Waals surface area (Å²) in [6.07, 6.45) is 0. The summed E-state index contributed by atoms with van der Waals surface area (Å²) in [5.41, 5.74) is 5.50. The summed E-state index contributed by atoms with van der Waals surface area (Å²) in [7, 11) is 0. The maximum absolute atomic E-state index is 3.44. The third-order valence-electron chi connectivity index (χ3n) is 4.33. The molecule has 0 heteroatoms. The van der Waals surface area contributed by atoms with Gasteiger partial charge >= 0.3 is 0 Å². The van der Waals surface area contributed by atoms with Crippen molar-refractivity contribution in [3.8, 4) is 11.1 Å². The second-order valence-corrected chi connectivity index (χ2v) is 5.83. The Morgan fingerprint density at radius 1 is 0.842 bits per heavy atom. The summed E-state index contributed by atoms with van der Waals surface area (Å²) in [6.45, 7) is 4.59. The van der Waals surface area contributed by atoms with Gasteiger partial charge in [-0.2, -0.15) is 0 Å². The van der Waals surface area contributed by atoms with Gasteiger partial charge in [-0.05, 0) is 51.2 Å². The van der Waals surface area contributed by atoms with Gasteiger partial charge < -0.3 is 0 Å². The van der Waals surface area contributed by atoms with Crippen LogP contribution in [0.2, 0.25) is 0 Å². The minimum absolute atomic E-state index is 0.0515. The maximum Gasteiger partial charge on any atom is 0.0165 e. The molecule has 0 aliphatic heterocycles. The van der Waals surface area contributed by atoms with E-state index < -0.39 is 0 Å². The Bertz CT molecular complexity index is 794. The molecular formula is C19H15. The largest absolute Gasteiger partial charge is 0.0616 e. The van der Waals surface area contributed by atoms with E-state index in [1.165, 1.54) is 33.0 Å². The molecule has 0 aromatic heterocycles. The second-order valence-electron chi connectivity index (χ2n) is 5.83. The van der Waals surface area contributed by atoms with E-state index in [1.54, 1.807) is 0 Å². The molecule has 0 saturated carbocycles. The first-order valence-corrected chi connectivity index (χ1v) is 6.73. The summed E-state index contributed by atoms with van der Waals surface area (Å²) >= 11 is 0. The van der Waals surface area contributed by atoms with Crippen LogP contribution in [0.1, 0.15) is 25.0 Å². The summed E-state index contributed by atoms with van der Waals surface area (Å²) in [5, 5.41) is 2.64. The van der Waals surface area contributed by atoms with Crippen LogP contribution in [-0.4, -0.2) is 0 Å². The Balaban J connectivity index is 2.15.